The molecular weight excluding hydrogens is 632 g/mol. The fraction of sp³-hybridized carbons (Fsp3) is 0.667. The molecule has 2 aromatic carbocycles. The summed E-state index contributed by atoms with van der Waals surface area (Å²) in [5.41, 5.74) is 0.753. The average Bonchev–Trinajstić information content (AvgIpc) is 2.99. The van der Waals surface area contributed by atoms with Gasteiger partial charge in [0.2, 0.25) is 0 Å². The van der Waals surface area contributed by atoms with Crippen LogP contribution in [-0.2, 0) is 33.1 Å². The fourth-order valence-corrected chi connectivity index (χ4v) is 7.48. The van der Waals surface area contributed by atoms with E-state index in [4.69, 9.17) is 4.74 Å². The molecule has 0 fully saturated rings. The first kappa shape index (κ1) is 43.1. The van der Waals surface area contributed by atoms with E-state index in [-0.39, 0.29) is 52.3 Å². The number of hydrogen-bond acceptors (Lipinski definition) is 5. The summed E-state index contributed by atoms with van der Waals surface area (Å²) >= 11 is 0. The third-order valence-corrected chi connectivity index (χ3v) is 10.4. The molecule has 2 rings (SSSR count). The van der Waals surface area contributed by atoms with Gasteiger partial charge in [-0.15, -0.1) is 0 Å². The van der Waals surface area contributed by atoms with Crippen LogP contribution in [0.5, 0.6) is 11.5 Å². The zero-order chi connectivity index (χ0) is 33.0. The molecule has 0 radical (unpaired) electrons. The van der Waals surface area contributed by atoms with Crippen molar-refractivity contribution < 1.29 is 61.7 Å². The molecule has 0 saturated carbocycles. The van der Waals surface area contributed by atoms with Crippen LogP contribution in [0, 0.1) is 0 Å². The molecule has 0 bridgehead atoms. The van der Waals surface area contributed by atoms with Crippen LogP contribution in [0.4, 0.5) is 0 Å². The van der Waals surface area contributed by atoms with E-state index in [2.05, 4.69) is 13.8 Å². The van der Waals surface area contributed by atoms with Gasteiger partial charge in [-0.05, 0) is 49.9 Å². The molecule has 258 valence electrons. The number of benzene rings is 2. The van der Waals surface area contributed by atoms with Crippen LogP contribution in [0.3, 0.4) is 0 Å². The topological polar surface area (TPSA) is 118 Å². The van der Waals surface area contributed by atoms with Gasteiger partial charge in [0.05, 0.1) is 0 Å². The minimum Gasteiger partial charge on any atom is -1.00 e. The first-order valence-corrected chi connectivity index (χ1v) is 20.3. The smallest absolute Gasteiger partial charge is 1.00 e. The molecule has 0 unspecified atom stereocenters. The zero-order valence-electron chi connectivity index (χ0n) is 29.8. The van der Waals surface area contributed by atoms with Crippen LogP contribution in [0.25, 0.3) is 0 Å². The molecule has 0 spiro atoms. The van der Waals surface area contributed by atoms with Gasteiger partial charge in [-0.25, -0.2) is 0 Å². The van der Waals surface area contributed by atoms with E-state index >= 15 is 0 Å². The first-order valence-electron chi connectivity index (χ1n) is 17.5. The molecule has 0 aromatic heterocycles. The molecule has 10 heteroatoms. The Morgan fingerprint density at radius 1 is 0.500 bits per heavy atom. The Kier molecular flexibility index (Phi) is 22.7. The molecule has 0 saturated heterocycles. The van der Waals surface area contributed by atoms with E-state index in [1.807, 2.05) is 0 Å². The van der Waals surface area contributed by atoms with E-state index < -0.39 is 20.2 Å². The Morgan fingerprint density at radius 3 is 1.07 bits per heavy atom. The largest absolute Gasteiger partial charge is 1.00 e. The fourth-order valence-electron chi connectivity index (χ4n) is 5.96. The number of ether oxygens (including phenoxy) is 1. The van der Waals surface area contributed by atoms with Crippen molar-refractivity contribution in [3.8, 4) is 11.5 Å². The molecule has 0 heterocycles. The van der Waals surface area contributed by atoms with Gasteiger partial charge in [0.25, 0.3) is 20.2 Å². The quantitative estimate of drug-likeness (QED) is 0.0583. The van der Waals surface area contributed by atoms with Crippen LogP contribution in [0.1, 0.15) is 155 Å². The van der Waals surface area contributed by atoms with Crippen LogP contribution in [-0.4, -0.2) is 25.9 Å². The van der Waals surface area contributed by atoms with Crippen LogP contribution >= 0.6 is 0 Å². The first-order chi connectivity index (χ1) is 21.6. The van der Waals surface area contributed by atoms with Crippen molar-refractivity contribution >= 4 is 20.2 Å². The maximum Gasteiger partial charge on any atom is 1.00 e. The summed E-state index contributed by atoms with van der Waals surface area (Å²) in [6.07, 6.45) is 23.6. The molecule has 7 nitrogen and oxygen atoms in total. The van der Waals surface area contributed by atoms with E-state index in [9.17, 15) is 25.9 Å². The van der Waals surface area contributed by atoms with Gasteiger partial charge in [0, 0.05) is 11.1 Å². The molecule has 0 atom stereocenters. The average molecular weight is 691 g/mol. The van der Waals surface area contributed by atoms with Crippen molar-refractivity contribution in [2.24, 2.45) is 0 Å². The van der Waals surface area contributed by atoms with Crippen LogP contribution < -0.4 is 34.3 Å². The third-order valence-electron chi connectivity index (χ3n) is 8.52. The number of rotatable bonds is 26. The Balaban J connectivity index is 0.0000106. The van der Waals surface area contributed by atoms with Gasteiger partial charge < -0.3 is 6.16 Å². The van der Waals surface area contributed by atoms with E-state index in [0.717, 1.165) is 51.4 Å². The summed E-state index contributed by atoms with van der Waals surface area (Å²) in [4.78, 5) is -0.392. The van der Waals surface area contributed by atoms with Gasteiger partial charge in [-0.1, -0.05) is 142 Å². The second-order valence-corrected chi connectivity index (χ2v) is 15.2. The van der Waals surface area contributed by atoms with Crippen molar-refractivity contribution in [2.75, 3.05) is 0 Å². The van der Waals surface area contributed by atoms with E-state index in [1.165, 1.54) is 101 Å². The summed E-state index contributed by atoms with van der Waals surface area (Å²) in [6, 6.07) is 9.04. The summed E-state index contributed by atoms with van der Waals surface area (Å²) in [7, 11) is -9.00. The number of hydrogen-bond donors (Lipinski definition) is 2. The molecule has 46 heavy (non-hydrogen) atoms. The minimum absolute atomic E-state index is 0. The molecule has 2 aromatic rings. The van der Waals surface area contributed by atoms with Gasteiger partial charge in [-0.2, -0.15) is 16.8 Å². The standard InChI is InChI=1S/C36H58O7S2.Na.H/c1-3-5-7-9-11-13-15-17-19-21-25-31-33(27-23-29-35(31)44(37,38)39)43-34-28-24-30-36(45(40,41)42)32(34)26-22-20-18-16-14-12-10-8-6-4-2;;/h23-24,27-30H,3-22,25-26H2,1-2H3,(H,37,38,39)(H,40,41,42);;/q;+1;-1. The second-order valence-electron chi connectivity index (χ2n) is 12.4. The summed E-state index contributed by atoms with van der Waals surface area (Å²) in [5, 5.41) is 0. The third kappa shape index (κ3) is 16.9. The van der Waals surface area contributed by atoms with Crippen molar-refractivity contribution in [3.63, 3.8) is 0 Å². The van der Waals surface area contributed by atoms with Crippen LogP contribution in [0.2, 0.25) is 0 Å². The van der Waals surface area contributed by atoms with Gasteiger partial charge in [-0.3, -0.25) is 9.11 Å². The summed E-state index contributed by atoms with van der Waals surface area (Å²) in [5.74, 6) is 0.524. The molecule has 0 aliphatic carbocycles. The predicted octanol–water partition coefficient (Wildman–Crippen LogP) is 8.02. The monoisotopic (exact) mass is 690 g/mol. The minimum atomic E-state index is -4.50. The number of unbranched alkanes of at least 4 members (excludes halogenated alkanes) is 18. The summed E-state index contributed by atoms with van der Waals surface area (Å²) in [6.45, 7) is 4.43. The van der Waals surface area contributed by atoms with Gasteiger partial charge in [0.15, 0.2) is 0 Å². The van der Waals surface area contributed by atoms with E-state index in [0.29, 0.717) is 24.0 Å². The second kappa shape index (κ2) is 24.2. The maximum atomic E-state index is 12.3. The van der Waals surface area contributed by atoms with E-state index in [1.54, 1.807) is 12.1 Å². The SMILES string of the molecule is CCCCCCCCCCCCc1c(Oc2cccc(S(=O)(=O)O)c2CCCCCCCCCCCC)cccc1S(=O)(=O)O.[H-].[Na+]. The predicted molar refractivity (Wildman–Crippen MR) is 185 cm³/mol. The summed E-state index contributed by atoms with van der Waals surface area (Å²) < 4.78 is 75.4. The van der Waals surface area contributed by atoms with Gasteiger partial charge in [0.1, 0.15) is 21.3 Å². The van der Waals surface area contributed by atoms with Crippen LogP contribution in [0.15, 0.2) is 46.2 Å². The van der Waals surface area contributed by atoms with Gasteiger partial charge >= 0.3 is 29.6 Å². The van der Waals surface area contributed by atoms with Crippen molar-refractivity contribution in [1.29, 1.82) is 0 Å². The molecule has 0 aliphatic rings. The van der Waals surface area contributed by atoms with Crippen molar-refractivity contribution in [1.82, 2.24) is 0 Å². The molecule has 2 N–H and O–H groups in total. The normalized spacial score (nSPS) is 11.8. The molecule has 0 aliphatic heterocycles. The molecule has 0 amide bonds. The zero-order valence-corrected chi connectivity index (χ0v) is 32.4. The maximum absolute atomic E-state index is 12.3. The van der Waals surface area contributed by atoms with Crippen molar-refractivity contribution in [2.45, 2.75) is 165 Å². The Hall–Kier alpha value is -0.940. The Bertz CT molecular complexity index is 1230. The Morgan fingerprint density at radius 2 is 0.783 bits per heavy atom. The van der Waals surface area contributed by atoms with Crippen molar-refractivity contribution in [3.05, 3.63) is 47.5 Å². The Labute approximate surface area is 304 Å². The molecular formula is C36H59NaO7S2.